The molecule has 94 heavy (non-hydrogen) atoms. The number of aliphatic hydroxyl groups excluding tert-OH is 3. The molecule has 26 heteroatoms. The minimum absolute atomic E-state index is 0.0697. The third-order valence-electron chi connectivity index (χ3n) is 18.1. The highest BCUT2D eigenvalue weighted by Crippen LogP contribution is 2.26. The summed E-state index contributed by atoms with van der Waals surface area (Å²) >= 11 is 0. The van der Waals surface area contributed by atoms with Gasteiger partial charge in [-0.1, -0.05) is 110 Å². The van der Waals surface area contributed by atoms with Gasteiger partial charge >= 0.3 is 5.97 Å². The molecule has 7 N–H and O–H groups in total. The Bertz CT molecular complexity index is 2530. The van der Waals surface area contributed by atoms with E-state index in [-0.39, 0.29) is 74.3 Å². The number of hydrogen-bond acceptors (Lipinski definition) is 16. The van der Waals surface area contributed by atoms with Gasteiger partial charge in [0.05, 0.1) is 25.4 Å². The lowest BCUT2D eigenvalue weighted by Crippen LogP contribution is -2.64. The highest BCUT2D eigenvalue weighted by atomic mass is 16.6. The second-order valence-corrected chi connectivity index (χ2v) is 29.6. The molecule has 0 bridgehead atoms. The summed E-state index contributed by atoms with van der Waals surface area (Å²) in [5.41, 5.74) is 0. The lowest BCUT2D eigenvalue weighted by molar-refractivity contribution is -0.166. The van der Waals surface area contributed by atoms with E-state index in [9.17, 15) is 53.7 Å². The number of carbonyl (C=O) groups excluding carboxylic acids is 11. The molecule has 2 heterocycles. The maximum absolute atomic E-state index is 15.4. The van der Waals surface area contributed by atoms with Crippen LogP contribution in [0.15, 0.2) is 0 Å². The Morgan fingerprint density at radius 3 is 1.36 bits per heavy atom. The van der Waals surface area contributed by atoms with Crippen LogP contribution in [-0.4, -0.2) is 262 Å². The van der Waals surface area contributed by atoms with E-state index in [0.717, 1.165) is 34.0 Å². The summed E-state index contributed by atoms with van der Waals surface area (Å²) in [6, 6.07) is -12.5. The van der Waals surface area contributed by atoms with E-state index in [1.54, 1.807) is 34.6 Å². The number of cyclic esters (lactones) is 1. The van der Waals surface area contributed by atoms with Crippen molar-refractivity contribution in [3.63, 3.8) is 0 Å². The van der Waals surface area contributed by atoms with Gasteiger partial charge in [-0.3, -0.25) is 52.8 Å². The first kappa shape index (κ1) is 84.1. The molecule has 0 aromatic carbocycles. The van der Waals surface area contributed by atoms with Gasteiger partial charge in [0.2, 0.25) is 53.2 Å². The van der Waals surface area contributed by atoms with Gasteiger partial charge in [0, 0.05) is 48.3 Å². The SMILES string of the molecule is CC(C)C[C@@H]1NC(=O)[C@H](CC(C)C)N(C)C(=O)[C@@H](C(C)C)OC(=O)[C@H](C)NC(=O)[C@H](CC(C)C)N(C)C(=O)[C@H](CC(C)C)NC(=O)[C@H](CC(C)C)N(C)C(=O)CN(C)C(=O)[C@H]([C@@H](C)O)NC(=O)[C@H]([C@H](O)[C@H](C)CCN2CCCCC2CO)N(C)C(=O)[C@H](C(C)C)N(C)C1=O. The van der Waals surface area contributed by atoms with Gasteiger partial charge < -0.3 is 70.7 Å². The van der Waals surface area contributed by atoms with E-state index in [2.05, 4.69) is 26.2 Å². The number of hydrogen-bond donors (Lipinski definition) is 7. The largest absolute Gasteiger partial charge is 0.450 e. The van der Waals surface area contributed by atoms with Crippen LogP contribution in [0.5, 0.6) is 0 Å². The summed E-state index contributed by atoms with van der Waals surface area (Å²) in [6.45, 7) is 29.8. The lowest BCUT2D eigenvalue weighted by Gasteiger charge is -2.41. The smallest absolute Gasteiger partial charge is 0.329 e. The second-order valence-electron chi connectivity index (χ2n) is 29.6. The quantitative estimate of drug-likeness (QED) is 0.0914. The number of likely N-dealkylation sites (N-methyl/N-ethyl adjacent to an activating group) is 6. The fourth-order valence-corrected chi connectivity index (χ4v) is 12.4. The highest BCUT2D eigenvalue weighted by molar-refractivity contribution is 5.99. The zero-order valence-corrected chi connectivity index (χ0v) is 61.2. The van der Waals surface area contributed by atoms with Gasteiger partial charge in [0.25, 0.3) is 5.91 Å². The predicted molar refractivity (Wildman–Crippen MR) is 358 cm³/mol. The number of rotatable bonds is 19. The van der Waals surface area contributed by atoms with Crippen LogP contribution in [0.25, 0.3) is 0 Å². The van der Waals surface area contributed by atoms with Crippen LogP contribution in [0.1, 0.15) is 175 Å². The van der Waals surface area contributed by atoms with Crippen molar-refractivity contribution in [3.05, 3.63) is 0 Å². The predicted octanol–water partition coefficient (Wildman–Crippen LogP) is 2.62. The van der Waals surface area contributed by atoms with Gasteiger partial charge in [-0.25, -0.2) is 4.79 Å². The molecule has 14 atom stereocenters. The van der Waals surface area contributed by atoms with E-state index in [1.165, 1.54) is 70.8 Å². The van der Waals surface area contributed by atoms with Crippen molar-refractivity contribution in [1.82, 2.24) is 55.6 Å². The van der Waals surface area contributed by atoms with E-state index in [4.69, 9.17) is 4.74 Å². The summed E-state index contributed by atoms with van der Waals surface area (Å²) in [5, 5.41) is 45.1. The van der Waals surface area contributed by atoms with Crippen LogP contribution in [0.3, 0.4) is 0 Å². The monoisotopic (exact) mass is 1330 g/mol. The van der Waals surface area contributed by atoms with Gasteiger partial charge in [-0.15, -0.1) is 0 Å². The summed E-state index contributed by atoms with van der Waals surface area (Å²) in [5.74, 6) is -11.7. The number of amides is 10. The molecule has 0 aromatic heterocycles. The van der Waals surface area contributed by atoms with Gasteiger partial charge in [0.1, 0.15) is 54.4 Å². The molecule has 2 saturated heterocycles. The third-order valence-corrected chi connectivity index (χ3v) is 18.1. The number of likely N-dealkylation sites (tertiary alicyclic amines) is 1. The van der Waals surface area contributed by atoms with Crippen LogP contribution in [-0.2, 0) is 57.5 Å². The van der Waals surface area contributed by atoms with Crippen molar-refractivity contribution in [2.45, 2.75) is 254 Å². The Morgan fingerprint density at radius 1 is 0.489 bits per heavy atom. The van der Waals surface area contributed by atoms with Crippen molar-refractivity contribution >= 4 is 65.0 Å². The standard InChI is InChI=1S/C68H123N11O15/c1-37(2)30-48-63(88)75(20)51(33-40(7)8)59(84)69-45(16)68(93)94-58(43(13)14)67(92)76(21)52(34-41(9)10)61(86)71-49(31-38(3)4)64(89)77(22)55(42(11)12)66(91)78(23)56(57(83)44(15)27-29-79-28-25-24-26-47(79)36-80)62(87)72-54(46(17)81)65(90)73(18)35-53(82)74(19)50(32-39(5)6)60(85)70-48/h37-52,54-58,80-81,83H,24-36H2,1-23H3,(H,69,84)(H,70,85)(H,71,86)(H,72,87)/t44-,45+,46-,47?,48+,49+,50+,51+,52+,54+,55+,56+,57-,58-/m1/s1. The first-order valence-electron chi connectivity index (χ1n) is 34.2. The fraction of sp³-hybridized carbons (Fsp3) is 0.838. The number of nitrogens with one attached hydrogen (secondary N) is 4. The van der Waals surface area contributed by atoms with Crippen LogP contribution in [0.2, 0.25) is 0 Å². The minimum Gasteiger partial charge on any atom is -0.450 e. The van der Waals surface area contributed by atoms with Crippen molar-refractivity contribution in [2.24, 2.45) is 47.3 Å². The molecule has 1 unspecified atom stereocenters. The number of carbonyl (C=O) groups is 11. The number of nitrogens with zero attached hydrogens (tertiary/aromatic N) is 7. The fourth-order valence-electron chi connectivity index (χ4n) is 12.4. The Hall–Kier alpha value is -5.99. The van der Waals surface area contributed by atoms with Crippen molar-refractivity contribution < 1.29 is 72.8 Å². The van der Waals surface area contributed by atoms with Crippen LogP contribution in [0, 0.1) is 47.3 Å². The van der Waals surface area contributed by atoms with Gasteiger partial charge in [-0.2, -0.15) is 0 Å². The first-order valence-corrected chi connectivity index (χ1v) is 34.2. The summed E-state index contributed by atoms with van der Waals surface area (Å²) in [6.07, 6.45) is -1.35. The Balaban J connectivity index is 3.04. The molecule has 0 aliphatic carbocycles. The van der Waals surface area contributed by atoms with E-state index < -0.39 is 162 Å². The molecule has 0 saturated carbocycles. The average Bonchev–Trinajstić information content (AvgIpc) is 0.810. The first-order chi connectivity index (χ1) is 43.5. The highest BCUT2D eigenvalue weighted by Gasteiger charge is 2.46. The molecule has 2 fully saturated rings. The number of esters is 1. The minimum atomic E-state index is -1.78. The van der Waals surface area contributed by atoms with Crippen LogP contribution >= 0.6 is 0 Å². The zero-order chi connectivity index (χ0) is 72.2. The van der Waals surface area contributed by atoms with Gasteiger partial charge in [0.15, 0.2) is 6.10 Å². The maximum atomic E-state index is 15.4. The van der Waals surface area contributed by atoms with E-state index in [0.29, 0.717) is 19.5 Å². The molecule has 0 aromatic rings. The summed E-state index contributed by atoms with van der Waals surface area (Å²) in [7, 11) is 8.14. The molecule has 0 radical (unpaired) electrons. The molecular formula is C68H123N11O15. The van der Waals surface area contributed by atoms with E-state index >= 15 is 14.4 Å². The molecule has 26 nitrogen and oxygen atoms in total. The number of ether oxygens (including phenoxy) is 1. The summed E-state index contributed by atoms with van der Waals surface area (Å²) in [4.78, 5) is 171. The summed E-state index contributed by atoms with van der Waals surface area (Å²) < 4.78 is 5.91. The zero-order valence-electron chi connectivity index (χ0n) is 61.2. The Morgan fingerprint density at radius 2 is 0.926 bits per heavy atom. The molecule has 10 amide bonds. The average molecular weight is 1330 g/mol. The Labute approximate surface area is 561 Å². The molecule has 2 rings (SSSR count). The number of piperidine rings is 1. The van der Waals surface area contributed by atoms with Gasteiger partial charge in [-0.05, 0) is 126 Å². The molecule has 540 valence electrons. The molecule has 0 spiro atoms. The molecule has 2 aliphatic rings. The van der Waals surface area contributed by atoms with E-state index in [1.807, 2.05) is 69.2 Å². The van der Waals surface area contributed by atoms with Crippen molar-refractivity contribution in [1.29, 1.82) is 0 Å². The molecule has 2 aliphatic heterocycles. The van der Waals surface area contributed by atoms with Crippen LogP contribution < -0.4 is 21.3 Å². The Kier molecular flexibility index (Phi) is 34.6. The van der Waals surface area contributed by atoms with Crippen molar-refractivity contribution in [2.75, 3.05) is 68.5 Å². The number of aliphatic hydroxyl groups is 3. The topological polar surface area (TPSA) is 328 Å². The third kappa shape index (κ3) is 24.3. The lowest BCUT2D eigenvalue weighted by atomic mass is 9.90. The molecular weight excluding hydrogens is 1210 g/mol. The second kappa shape index (κ2) is 38.7. The maximum Gasteiger partial charge on any atom is 0.329 e. The normalized spacial score (nSPS) is 27.7. The van der Waals surface area contributed by atoms with Crippen molar-refractivity contribution in [3.8, 4) is 0 Å². The van der Waals surface area contributed by atoms with Crippen LogP contribution in [0.4, 0.5) is 0 Å².